The Kier molecular flexibility index (Phi) is 15.0. The topological polar surface area (TPSA) is 77.5 Å². The highest BCUT2D eigenvalue weighted by Gasteiger charge is 2.12. The molecule has 6 nitrogen and oxygen atoms in total. The zero-order chi connectivity index (χ0) is 33.4. The number of hydrogen-bond donors (Lipinski definition) is 3. The van der Waals surface area contributed by atoms with Gasteiger partial charge in [-0.3, -0.25) is 14.9 Å². The zero-order valence-electron chi connectivity index (χ0n) is 28.2. The average molecular weight is 639 g/mol. The van der Waals surface area contributed by atoms with Gasteiger partial charge >= 0.3 is 0 Å². The Hall–Kier alpha value is -3.91. The van der Waals surface area contributed by atoms with Gasteiger partial charge in [0.2, 0.25) is 6.41 Å². The number of amidine groups is 1. The molecular weight excluding hydrogens is 589 g/mol. The Morgan fingerprint density at radius 1 is 0.891 bits per heavy atom. The number of amides is 1. The lowest BCUT2D eigenvalue weighted by Crippen LogP contribution is -2.28. The number of carbonyl (C=O) groups excluding carboxylic acids is 1. The first-order valence-electron chi connectivity index (χ1n) is 15.9. The lowest BCUT2D eigenvalue weighted by Gasteiger charge is -2.19. The Morgan fingerprint density at radius 3 is 2.13 bits per heavy atom. The molecule has 0 spiro atoms. The number of methoxy groups -OCH3 is 1. The average Bonchev–Trinajstić information content (AvgIpc) is 3.06. The highest BCUT2D eigenvalue weighted by Crippen LogP contribution is 2.28. The van der Waals surface area contributed by atoms with Crippen LogP contribution in [0.4, 0.5) is 0 Å². The molecule has 46 heavy (non-hydrogen) atoms. The number of nitrogens with zero attached hydrogens (tertiary/aromatic N) is 1. The number of ether oxygens (including phenoxy) is 1. The predicted molar refractivity (Wildman–Crippen MR) is 195 cm³/mol. The van der Waals surface area contributed by atoms with Crippen molar-refractivity contribution in [3.05, 3.63) is 119 Å². The Balaban J connectivity index is 0.000000370. The number of rotatable bonds is 14. The lowest BCUT2D eigenvalue weighted by atomic mass is 9.87. The summed E-state index contributed by atoms with van der Waals surface area (Å²) in [5, 5.41) is 11.1. The maximum atomic E-state index is 10.9. The summed E-state index contributed by atoms with van der Waals surface area (Å²) in [6, 6.07) is 33.9. The van der Waals surface area contributed by atoms with Crippen molar-refractivity contribution < 1.29 is 9.53 Å². The fourth-order valence-corrected chi connectivity index (χ4v) is 5.59. The van der Waals surface area contributed by atoms with E-state index < -0.39 is 0 Å². The van der Waals surface area contributed by atoms with E-state index in [0.29, 0.717) is 25.3 Å². The van der Waals surface area contributed by atoms with Crippen molar-refractivity contribution in [2.24, 2.45) is 0 Å². The lowest BCUT2D eigenvalue weighted by molar-refractivity contribution is -0.114. The van der Waals surface area contributed by atoms with Crippen LogP contribution < -0.4 is 14.8 Å². The van der Waals surface area contributed by atoms with E-state index in [1.165, 1.54) is 26.5 Å². The van der Waals surface area contributed by atoms with Crippen LogP contribution in [0, 0.1) is 5.41 Å². The SMILES string of the molecule is CCN(C=O)C(=N)CCCc1ccc(-c2ccc(OC)c(CNSc3ccccc3)c2)cc1.CNCc1ccc(C(C)(C)C)cc1. The monoisotopic (exact) mass is 638 g/mol. The van der Waals surface area contributed by atoms with Gasteiger partial charge in [0, 0.05) is 36.5 Å². The number of carbonyl (C=O) groups is 1. The fourth-order valence-electron chi connectivity index (χ4n) is 4.91. The Labute approximate surface area is 280 Å². The summed E-state index contributed by atoms with van der Waals surface area (Å²) in [5.41, 5.74) is 7.65. The van der Waals surface area contributed by atoms with E-state index in [9.17, 15) is 4.79 Å². The summed E-state index contributed by atoms with van der Waals surface area (Å²) in [6.45, 7) is 10.8. The largest absolute Gasteiger partial charge is 0.496 e. The maximum absolute atomic E-state index is 10.9. The predicted octanol–water partition coefficient (Wildman–Crippen LogP) is 8.64. The molecule has 0 unspecified atom stereocenters. The molecule has 0 aliphatic rings. The Bertz CT molecular complexity index is 1480. The first-order valence-corrected chi connectivity index (χ1v) is 16.7. The van der Waals surface area contributed by atoms with Gasteiger partial charge in [-0.25, -0.2) is 0 Å². The minimum Gasteiger partial charge on any atom is -0.496 e. The van der Waals surface area contributed by atoms with Gasteiger partial charge < -0.3 is 15.0 Å². The van der Waals surface area contributed by atoms with Gasteiger partial charge in [0.25, 0.3) is 0 Å². The second kappa shape index (κ2) is 18.9. The minimum absolute atomic E-state index is 0.262. The first-order chi connectivity index (χ1) is 22.2. The molecule has 4 aromatic rings. The molecule has 0 fully saturated rings. The van der Waals surface area contributed by atoms with Crippen molar-refractivity contribution in [3.63, 3.8) is 0 Å². The summed E-state index contributed by atoms with van der Waals surface area (Å²) in [6.07, 6.45) is 3.06. The van der Waals surface area contributed by atoms with Crippen molar-refractivity contribution in [1.29, 1.82) is 5.41 Å². The van der Waals surface area contributed by atoms with E-state index in [-0.39, 0.29) is 5.41 Å². The van der Waals surface area contributed by atoms with Crippen LogP contribution in [0.2, 0.25) is 0 Å². The van der Waals surface area contributed by atoms with Crippen LogP contribution in [0.15, 0.2) is 102 Å². The molecule has 244 valence electrons. The molecule has 0 heterocycles. The second-order valence-electron chi connectivity index (χ2n) is 12.1. The van der Waals surface area contributed by atoms with E-state index in [2.05, 4.69) is 104 Å². The summed E-state index contributed by atoms with van der Waals surface area (Å²) in [5.74, 6) is 1.25. The number of benzene rings is 4. The number of nitrogens with one attached hydrogen (secondary N) is 3. The van der Waals surface area contributed by atoms with Crippen molar-refractivity contribution in [3.8, 4) is 16.9 Å². The third-order valence-electron chi connectivity index (χ3n) is 7.66. The molecule has 0 saturated heterocycles. The number of aryl methyl sites for hydroxylation is 1. The summed E-state index contributed by atoms with van der Waals surface area (Å²) in [7, 11) is 3.67. The highest BCUT2D eigenvalue weighted by molar-refractivity contribution is 7.97. The molecule has 0 saturated carbocycles. The molecule has 0 atom stereocenters. The molecule has 4 aromatic carbocycles. The molecule has 0 aromatic heterocycles. The Morgan fingerprint density at radius 2 is 1.54 bits per heavy atom. The van der Waals surface area contributed by atoms with E-state index in [4.69, 9.17) is 10.1 Å². The van der Waals surface area contributed by atoms with Gasteiger partial charge in [0.15, 0.2) is 0 Å². The van der Waals surface area contributed by atoms with Crippen molar-refractivity contribution >= 4 is 24.2 Å². The van der Waals surface area contributed by atoms with Crippen molar-refractivity contribution in [2.45, 2.75) is 70.4 Å². The van der Waals surface area contributed by atoms with Gasteiger partial charge in [-0.15, -0.1) is 0 Å². The van der Waals surface area contributed by atoms with E-state index in [0.717, 1.165) is 48.2 Å². The van der Waals surface area contributed by atoms with E-state index in [1.54, 1.807) is 19.1 Å². The van der Waals surface area contributed by atoms with Crippen LogP contribution in [0.3, 0.4) is 0 Å². The maximum Gasteiger partial charge on any atom is 0.215 e. The van der Waals surface area contributed by atoms with Crippen molar-refractivity contribution in [2.75, 3.05) is 20.7 Å². The third kappa shape index (κ3) is 11.8. The molecule has 0 radical (unpaired) electrons. The first kappa shape index (κ1) is 36.6. The fraction of sp³-hybridized carbons (Fsp3) is 0.333. The normalized spacial score (nSPS) is 10.9. The second-order valence-corrected chi connectivity index (χ2v) is 13.1. The van der Waals surface area contributed by atoms with Crippen LogP contribution >= 0.6 is 11.9 Å². The number of hydrogen-bond acceptors (Lipinski definition) is 6. The molecular formula is C39H50N4O2S. The smallest absolute Gasteiger partial charge is 0.215 e. The van der Waals surface area contributed by atoms with Gasteiger partial charge in [-0.1, -0.05) is 93.6 Å². The van der Waals surface area contributed by atoms with Crippen LogP contribution in [-0.2, 0) is 29.7 Å². The molecule has 1 amide bonds. The molecule has 4 rings (SSSR count). The van der Waals surface area contributed by atoms with Crippen LogP contribution in [0.5, 0.6) is 5.75 Å². The zero-order valence-corrected chi connectivity index (χ0v) is 29.0. The van der Waals surface area contributed by atoms with E-state index in [1.807, 2.05) is 38.2 Å². The summed E-state index contributed by atoms with van der Waals surface area (Å²) in [4.78, 5) is 13.6. The molecule has 3 N–H and O–H groups in total. The quantitative estimate of drug-likeness (QED) is 0.0558. The van der Waals surface area contributed by atoms with Crippen LogP contribution in [0.25, 0.3) is 11.1 Å². The summed E-state index contributed by atoms with van der Waals surface area (Å²) >= 11 is 1.61. The van der Waals surface area contributed by atoms with Crippen molar-refractivity contribution in [1.82, 2.24) is 14.9 Å². The molecule has 0 aliphatic heterocycles. The molecule has 0 aliphatic carbocycles. The summed E-state index contributed by atoms with van der Waals surface area (Å²) < 4.78 is 8.99. The van der Waals surface area contributed by atoms with Crippen LogP contribution in [-0.4, -0.2) is 37.8 Å². The van der Waals surface area contributed by atoms with Crippen LogP contribution in [0.1, 0.15) is 62.8 Å². The van der Waals surface area contributed by atoms with Gasteiger partial charge in [0.05, 0.1) is 7.11 Å². The third-order valence-corrected chi connectivity index (χ3v) is 8.45. The van der Waals surface area contributed by atoms with E-state index >= 15 is 0 Å². The minimum atomic E-state index is 0.262. The molecule has 0 bridgehead atoms. The van der Waals surface area contributed by atoms with Gasteiger partial charge in [0.1, 0.15) is 11.6 Å². The van der Waals surface area contributed by atoms with Gasteiger partial charge in [-0.2, -0.15) is 0 Å². The van der Waals surface area contributed by atoms with Gasteiger partial charge in [-0.05, 0) is 96.3 Å². The molecule has 7 heteroatoms. The standard InChI is InChI=1S/C27H31N3O2S.C12H19N/c1-3-30(20-31)27(28)11-7-8-21-12-14-22(15-13-21)23-16-17-26(32-2)24(18-23)19-29-33-25-9-5-4-6-10-25;1-12(2,3)11-7-5-10(6-8-11)9-13-4/h4-6,9-10,12-18,20,28-29H,3,7-8,11,19H2,1-2H3;5-8,13H,9H2,1-4H3. The highest BCUT2D eigenvalue weighted by atomic mass is 32.2.